The van der Waals surface area contributed by atoms with E-state index in [0.29, 0.717) is 5.76 Å². The quantitative estimate of drug-likeness (QED) is 0.799. The Kier molecular flexibility index (Phi) is 7.24. The van der Waals surface area contributed by atoms with Gasteiger partial charge in [-0.2, -0.15) is 4.99 Å². The van der Waals surface area contributed by atoms with E-state index in [1.807, 2.05) is 6.92 Å². The minimum atomic E-state index is -2.52. The maximum absolute atomic E-state index is 12.0. The average molecular weight is 326 g/mol. The molecule has 0 saturated heterocycles. The Morgan fingerprint density at radius 2 is 1.96 bits per heavy atom. The van der Waals surface area contributed by atoms with Gasteiger partial charge in [0.05, 0.1) is 12.6 Å². The maximum Gasteiger partial charge on any atom is 0.248 e. The van der Waals surface area contributed by atoms with Crippen LogP contribution in [0.25, 0.3) is 0 Å². The number of likely N-dealkylation sites (N-methyl/N-ethyl adjacent to an activating group) is 1. The highest BCUT2D eigenvalue weighted by Gasteiger charge is 2.12. The number of ether oxygens (including phenoxy) is 1. The summed E-state index contributed by atoms with van der Waals surface area (Å²) in [6, 6.07) is 0. The highest BCUT2D eigenvalue weighted by Crippen LogP contribution is 2.16. The minimum absolute atomic E-state index is 0.0106. The molecule has 0 aromatic heterocycles. The molecule has 0 fully saturated rings. The molecule has 1 heterocycles. The topological polar surface area (TPSA) is 67.9 Å². The van der Waals surface area contributed by atoms with Crippen LogP contribution in [0.1, 0.15) is 75.2 Å². The Bertz CT molecular complexity index is 493. The summed E-state index contributed by atoms with van der Waals surface area (Å²) < 4.78 is 28.8. The SMILES string of the molecule is [2H]C([2H])([2H])N1CC(=C)OC(CC)CCCCCCCCCC(=O)N=C1N. The molecule has 5 heteroatoms. The van der Waals surface area contributed by atoms with Gasteiger partial charge in [-0.15, -0.1) is 0 Å². The van der Waals surface area contributed by atoms with E-state index in [2.05, 4.69) is 11.6 Å². The lowest BCUT2D eigenvalue weighted by Crippen LogP contribution is -2.36. The van der Waals surface area contributed by atoms with Crippen molar-refractivity contribution in [3.8, 4) is 0 Å². The zero-order valence-electron chi connectivity index (χ0n) is 17.4. The molecular formula is C18H33N3O2. The Hall–Kier alpha value is -1.52. The molecule has 1 rings (SSSR count). The van der Waals surface area contributed by atoms with Gasteiger partial charge in [-0.25, -0.2) is 0 Å². The number of guanidine groups is 1. The van der Waals surface area contributed by atoms with Crippen LogP contribution in [-0.2, 0) is 9.53 Å². The average Bonchev–Trinajstić information content (AvgIpc) is 2.55. The second-order valence-electron chi connectivity index (χ2n) is 6.15. The third-order valence-corrected chi connectivity index (χ3v) is 4.06. The first-order chi connectivity index (χ1) is 12.2. The fraction of sp³-hybridized carbons (Fsp3) is 0.778. The number of aliphatic imine (C=N–C) groups is 1. The van der Waals surface area contributed by atoms with Crippen molar-refractivity contribution in [3.63, 3.8) is 0 Å². The largest absolute Gasteiger partial charge is 0.494 e. The predicted octanol–water partition coefficient (Wildman–Crippen LogP) is 3.59. The Labute approximate surface area is 145 Å². The van der Waals surface area contributed by atoms with E-state index in [9.17, 15) is 4.79 Å². The summed E-state index contributed by atoms with van der Waals surface area (Å²) in [6.45, 7) is 3.24. The van der Waals surface area contributed by atoms with Crippen molar-refractivity contribution in [2.75, 3.05) is 13.5 Å². The van der Waals surface area contributed by atoms with Crippen molar-refractivity contribution < 1.29 is 13.6 Å². The lowest BCUT2D eigenvalue weighted by atomic mass is 10.0. The normalized spacial score (nSPS) is 26.3. The van der Waals surface area contributed by atoms with E-state index >= 15 is 0 Å². The summed E-state index contributed by atoms with van der Waals surface area (Å²) in [5, 5.41) is 0. The first-order valence-electron chi connectivity index (χ1n) is 10.2. The van der Waals surface area contributed by atoms with Gasteiger partial charge < -0.3 is 15.4 Å². The number of hydrogen-bond donors (Lipinski definition) is 1. The van der Waals surface area contributed by atoms with E-state index in [4.69, 9.17) is 14.6 Å². The summed E-state index contributed by atoms with van der Waals surface area (Å²) in [4.78, 5) is 16.6. The van der Waals surface area contributed by atoms with Gasteiger partial charge in [0.2, 0.25) is 5.91 Å². The van der Waals surface area contributed by atoms with Crippen LogP contribution in [0.5, 0.6) is 0 Å². The Morgan fingerprint density at radius 1 is 1.30 bits per heavy atom. The molecule has 1 aliphatic heterocycles. The molecule has 0 aliphatic carbocycles. The minimum Gasteiger partial charge on any atom is -0.494 e. The summed E-state index contributed by atoms with van der Waals surface area (Å²) >= 11 is 0. The molecule has 2 N–H and O–H groups in total. The molecule has 5 nitrogen and oxygen atoms in total. The number of rotatable bonds is 1. The third kappa shape index (κ3) is 8.62. The lowest BCUT2D eigenvalue weighted by Gasteiger charge is -2.23. The maximum atomic E-state index is 12.0. The number of hydrogen-bond acceptors (Lipinski definition) is 4. The van der Waals surface area contributed by atoms with Gasteiger partial charge >= 0.3 is 0 Å². The van der Waals surface area contributed by atoms with Crippen LogP contribution in [0.15, 0.2) is 17.3 Å². The number of nitrogens with two attached hydrogens (primary N) is 1. The van der Waals surface area contributed by atoms with Crippen LogP contribution >= 0.6 is 0 Å². The molecule has 132 valence electrons. The second kappa shape index (κ2) is 11.1. The van der Waals surface area contributed by atoms with Crippen molar-refractivity contribution in [3.05, 3.63) is 12.3 Å². The van der Waals surface area contributed by atoms with Crippen LogP contribution in [0.2, 0.25) is 0 Å². The first kappa shape index (κ1) is 15.0. The van der Waals surface area contributed by atoms with E-state index in [1.165, 1.54) is 6.42 Å². The molecular weight excluding hydrogens is 290 g/mol. The lowest BCUT2D eigenvalue weighted by molar-refractivity contribution is -0.117. The molecule has 0 aromatic carbocycles. The van der Waals surface area contributed by atoms with Gasteiger partial charge in [0.15, 0.2) is 5.96 Å². The smallest absolute Gasteiger partial charge is 0.248 e. The highest BCUT2D eigenvalue weighted by atomic mass is 16.5. The second-order valence-corrected chi connectivity index (χ2v) is 6.15. The molecule has 0 radical (unpaired) electrons. The highest BCUT2D eigenvalue weighted by molar-refractivity contribution is 5.92. The fourth-order valence-electron chi connectivity index (χ4n) is 2.65. The zero-order valence-corrected chi connectivity index (χ0v) is 14.4. The summed E-state index contributed by atoms with van der Waals surface area (Å²) in [5.74, 6) is -0.376. The summed E-state index contributed by atoms with van der Waals surface area (Å²) in [5.41, 5.74) is 5.81. The molecule has 0 bridgehead atoms. The van der Waals surface area contributed by atoms with Crippen molar-refractivity contribution in [2.45, 2.75) is 77.2 Å². The molecule has 1 aliphatic rings. The van der Waals surface area contributed by atoms with Crippen LogP contribution in [0, 0.1) is 0 Å². The van der Waals surface area contributed by atoms with Crippen LogP contribution in [0.3, 0.4) is 0 Å². The van der Waals surface area contributed by atoms with Crippen molar-refractivity contribution in [1.29, 1.82) is 0 Å². The molecule has 1 amide bonds. The molecule has 23 heavy (non-hydrogen) atoms. The monoisotopic (exact) mass is 326 g/mol. The molecule has 1 unspecified atom stereocenters. The van der Waals surface area contributed by atoms with E-state index in [-0.39, 0.29) is 30.9 Å². The van der Waals surface area contributed by atoms with Crippen LogP contribution in [-0.4, -0.2) is 36.4 Å². The molecule has 1 atom stereocenters. The molecule has 0 saturated carbocycles. The molecule has 0 spiro atoms. The van der Waals surface area contributed by atoms with Gasteiger partial charge in [-0.3, -0.25) is 4.79 Å². The number of nitrogens with zero attached hydrogens (tertiary/aromatic N) is 2. The van der Waals surface area contributed by atoms with E-state index in [0.717, 1.165) is 56.3 Å². The van der Waals surface area contributed by atoms with E-state index in [1.54, 1.807) is 0 Å². The summed E-state index contributed by atoms with van der Waals surface area (Å²) in [7, 11) is 0. The van der Waals surface area contributed by atoms with Gasteiger partial charge in [-0.05, 0) is 25.7 Å². The number of carbonyl (C=O) groups excluding carboxylic acids is 1. The molecule has 0 aromatic rings. The van der Waals surface area contributed by atoms with E-state index < -0.39 is 6.98 Å². The summed E-state index contributed by atoms with van der Waals surface area (Å²) in [6.07, 6.45) is 9.44. The van der Waals surface area contributed by atoms with Gasteiger partial charge in [0.1, 0.15) is 5.76 Å². The van der Waals surface area contributed by atoms with Gasteiger partial charge in [-0.1, -0.05) is 45.6 Å². The standard InChI is InChI=1S/C18H33N3O2/c1-4-16-12-10-8-6-5-7-9-11-13-17(22)20-18(19)21(3)14-15(2)23-16/h16H,2,4-14H2,1,3H3,(H2,19,20,22)/i3D3. The Morgan fingerprint density at radius 3 is 2.61 bits per heavy atom. The van der Waals surface area contributed by atoms with Crippen LogP contribution in [0.4, 0.5) is 0 Å². The van der Waals surface area contributed by atoms with Crippen LogP contribution < -0.4 is 5.73 Å². The number of carbonyl (C=O) groups is 1. The van der Waals surface area contributed by atoms with Gasteiger partial charge in [0.25, 0.3) is 0 Å². The van der Waals surface area contributed by atoms with Crippen molar-refractivity contribution in [1.82, 2.24) is 4.90 Å². The number of amides is 1. The Balaban J connectivity index is 2.89. The predicted molar refractivity (Wildman–Crippen MR) is 95.1 cm³/mol. The van der Waals surface area contributed by atoms with Gasteiger partial charge in [0, 0.05) is 17.5 Å². The van der Waals surface area contributed by atoms with Crippen molar-refractivity contribution in [2.24, 2.45) is 10.7 Å². The zero-order chi connectivity index (χ0) is 19.6. The van der Waals surface area contributed by atoms with Crippen molar-refractivity contribution >= 4 is 11.9 Å². The third-order valence-electron chi connectivity index (χ3n) is 4.06. The fourth-order valence-corrected chi connectivity index (χ4v) is 2.65. The first-order valence-corrected chi connectivity index (χ1v) is 8.73.